The highest BCUT2D eigenvalue weighted by molar-refractivity contribution is 5.82. The van der Waals surface area contributed by atoms with E-state index in [0.29, 0.717) is 5.92 Å². The van der Waals surface area contributed by atoms with Gasteiger partial charge in [-0.3, -0.25) is 4.79 Å². The van der Waals surface area contributed by atoms with E-state index in [1.807, 2.05) is 0 Å². The topological polar surface area (TPSA) is 41.1 Å². The lowest BCUT2D eigenvalue weighted by Crippen LogP contribution is -2.46. The van der Waals surface area contributed by atoms with Gasteiger partial charge in [0.05, 0.1) is 6.04 Å². The molecule has 0 bridgehead atoms. The van der Waals surface area contributed by atoms with Crippen molar-refractivity contribution < 1.29 is 4.79 Å². The largest absolute Gasteiger partial charge is 0.352 e. The molecule has 0 saturated carbocycles. The molecule has 1 aliphatic rings. The van der Waals surface area contributed by atoms with Crippen LogP contribution in [0.2, 0.25) is 0 Å². The van der Waals surface area contributed by atoms with Gasteiger partial charge in [0.2, 0.25) is 5.91 Å². The monoisotopic (exact) mass is 198 g/mol. The van der Waals surface area contributed by atoms with Crippen molar-refractivity contribution in [3.63, 3.8) is 0 Å². The van der Waals surface area contributed by atoms with Crippen LogP contribution in [-0.2, 0) is 4.79 Å². The second kappa shape index (κ2) is 5.35. The number of amides is 1. The van der Waals surface area contributed by atoms with Crippen LogP contribution < -0.4 is 10.6 Å². The minimum Gasteiger partial charge on any atom is -0.352 e. The Morgan fingerprint density at radius 2 is 2.29 bits per heavy atom. The summed E-state index contributed by atoms with van der Waals surface area (Å²) in [7, 11) is 0. The maximum absolute atomic E-state index is 11.7. The lowest BCUT2D eigenvalue weighted by Gasteiger charge is -2.21. The Kier molecular flexibility index (Phi) is 4.39. The zero-order valence-electron chi connectivity index (χ0n) is 9.47. The highest BCUT2D eigenvalue weighted by Crippen LogP contribution is 2.09. The second-order valence-electron chi connectivity index (χ2n) is 4.33. The standard InChI is InChI=1S/C11H22N2O/c1-4-8(2)9(3)13-11(14)10-6-5-7-12-10/h8-10,12H,4-7H2,1-3H3,(H,13,14)/t8?,9?,10-/m1/s1. The number of nitrogens with one attached hydrogen (secondary N) is 2. The number of hydrogen-bond acceptors (Lipinski definition) is 2. The van der Waals surface area contributed by atoms with Gasteiger partial charge in [-0.1, -0.05) is 20.3 Å². The SMILES string of the molecule is CCC(C)C(C)NC(=O)[C@H]1CCCN1. The molecule has 14 heavy (non-hydrogen) atoms. The van der Waals surface area contributed by atoms with E-state index in [-0.39, 0.29) is 18.0 Å². The number of rotatable bonds is 4. The number of carbonyl (C=O) groups is 1. The summed E-state index contributed by atoms with van der Waals surface area (Å²) in [5.41, 5.74) is 0. The van der Waals surface area contributed by atoms with Gasteiger partial charge in [0, 0.05) is 6.04 Å². The predicted molar refractivity (Wildman–Crippen MR) is 58.1 cm³/mol. The first-order valence-corrected chi connectivity index (χ1v) is 5.69. The minimum atomic E-state index is 0.0570. The third-order valence-electron chi connectivity index (χ3n) is 3.24. The van der Waals surface area contributed by atoms with Crippen LogP contribution in [0, 0.1) is 5.92 Å². The van der Waals surface area contributed by atoms with Crippen LogP contribution in [0.5, 0.6) is 0 Å². The molecule has 1 fully saturated rings. The molecule has 2 N–H and O–H groups in total. The molecule has 0 aromatic carbocycles. The molecular formula is C11H22N2O. The van der Waals surface area contributed by atoms with E-state index < -0.39 is 0 Å². The van der Waals surface area contributed by atoms with Gasteiger partial charge in [0.25, 0.3) is 0 Å². The van der Waals surface area contributed by atoms with Gasteiger partial charge in [-0.2, -0.15) is 0 Å². The third-order valence-corrected chi connectivity index (χ3v) is 3.24. The molecule has 1 amide bonds. The van der Waals surface area contributed by atoms with Crippen molar-refractivity contribution in [1.29, 1.82) is 0 Å². The summed E-state index contributed by atoms with van der Waals surface area (Å²) in [5, 5.41) is 6.28. The number of hydrogen-bond donors (Lipinski definition) is 2. The Bertz CT molecular complexity index is 188. The highest BCUT2D eigenvalue weighted by Gasteiger charge is 2.23. The maximum atomic E-state index is 11.7. The van der Waals surface area contributed by atoms with Crippen molar-refractivity contribution in [1.82, 2.24) is 10.6 Å². The summed E-state index contributed by atoms with van der Waals surface area (Å²) in [6, 6.07) is 0.344. The molecule has 1 aliphatic heterocycles. The zero-order chi connectivity index (χ0) is 10.6. The molecule has 0 aromatic rings. The molecule has 0 radical (unpaired) electrons. The summed E-state index contributed by atoms with van der Waals surface area (Å²) in [6.45, 7) is 7.39. The Hall–Kier alpha value is -0.570. The fourth-order valence-corrected chi connectivity index (χ4v) is 1.73. The first-order chi connectivity index (χ1) is 6.65. The number of carbonyl (C=O) groups excluding carboxylic acids is 1. The third kappa shape index (κ3) is 2.98. The first-order valence-electron chi connectivity index (χ1n) is 5.69. The Balaban J connectivity index is 2.31. The van der Waals surface area contributed by atoms with Crippen LogP contribution in [0.25, 0.3) is 0 Å². The first kappa shape index (κ1) is 11.5. The van der Waals surface area contributed by atoms with Crippen LogP contribution in [0.1, 0.15) is 40.0 Å². The summed E-state index contributed by atoms with van der Waals surface area (Å²) in [5.74, 6) is 0.732. The van der Waals surface area contributed by atoms with E-state index in [2.05, 4.69) is 31.4 Å². The van der Waals surface area contributed by atoms with Crippen LogP contribution in [0.4, 0.5) is 0 Å². The fourth-order valence-electron chi connectivity index (χ4n) is 1.73. The van der Waals surface area contributed by atoms with Gasteiger partial charge in [-0.05, 0) is 32.2 Å². The molecule has 2 unspecified atom stereocenters. The maximum Gasteiger partial charge on any atom is 0.237 e. The van der Waals surface area contributed by atoms with E-state index in [4.69, 9.17) is 0 Å². The molecule has 0 spiro atoms. The molecule has 1 rings (SSSR count). The molecule has 1 heterocycles. The summed E-state index contributed by atoms with van der Waals surface area (Å²) >= 11 is 0. The van der Waals surface area contributed by atoms with Crippen molar-refractivity contribution in [2.75, 3.05) is 6.54 Å². The van der Waals surface area contributed by atoms with E-state index in [1.165, 1.54) is 0 Å². The lowest BCUT2D eigenvalue weighted by molar-refractivity contribution is -0.123. The summed E-state index contributed by atoms with van der Waals surface area (Å²) in [4.78, 5) is 11.7. The average molecular weight is 198 g/mol. The summed E-state index contributed by atoms with van der Waals surface area (Å²) < 4.78 is 0. The molecule has 3 atom stereocenters. The smallest absolute Gasteiger partial charge is 0.237 e. The van der Waals surface area contributed by atoms with Gasteiger partial charge in [0.1, 0.15) is 0 Å². The average Bonchev–Trinajstić information content (AvgIpc) is 2.69. The summed E-state index contributed by atoms with van der Waals surface area (Å²) in [6.07, 6.45) is 3.22. The fraction of sp³-hybridized carbons (Fsp3) is 0.909. The van der Waals surface area contributed by atoms with Gasteiger partial charge in [-0.25, -0.2) is 0 Å². The van der Waals surface area contributed by atoms with E-state index in [1.54, 1.807) is 0 Å². The molecule has 82 valence electrons. The lowest BCUT2D eigenvalue weighted by atomic mass is 10.0. The Morgan fingerprint density at radius 3 is 2.79 bits per heavy atom. The van der Waals surface area contributed by atoms with Crippen molar-refractivity contribution >= 4 is 5.91 Å². The molecular weight excluding hydrogens is 176 g/mol. The molecule has 1 saturated heterocycles. The van der Waals surface area contributed by atoms with Crippen LogP contribution in [-0.4, -0.2) is 24.5 Å². The van der Waals surface area contributed by atoms with Crippen molar-refractivity contribution in [3.05, 3.63) is 0 Å². The zero-order valence-corrected chi connectivity index (χ0v) is 9.47. The van der Waals surface area contributed by atoms with Crippen molar-refractivity contribution in [2.24, 2.45) is 5.92 Å². The normalized spacial score (nSPS) is 25.8. The van der Waals surface area contributed by atoms with Crippen LogP contribution in [0.15, 0.2) is 0 Å². The Morgan fingerprint density at radius 1 is 1.57 bits per heavy atom. The van der Waals surface area contributed by atoms with Crippen molar-refractivity contribution in [2.45, 2.75) is 52.1 Å². The predicted octanol–water partition coefficient (Wildman–Crippen LogP) is 1.29. The molecule has 0 aromatic heterocycles. The quantitative estimate of drug-likeness (QED) is 0.714. The van der Waals surface area contributed by atoms with Gasteiger partial charge < -0.3 is 10.6 Å². The van der Waals surface area contributed by atoms with E-state index >= 15 is 0 Å². The van der Waals surface area contributed by atoms with Crippen LogP contribution in [0.3, 0.4) is 0 Å². The molecule has 3 nitrogen and oxygen atoms in total. The highest BCUT2D eigenvalue weighted by atomic mass is 16.2. The van der Waals surface area contributed by atoms with Gasteiger partial charge in [-0.15, -0.1) is 0 Å². The molecule has 3 heteroatoms. The van der Waals surface area contributed by atoms with Crippen molar-refractivity contribution in [3.8, 4) is 0 Å². The second-order valence-corrected chi connectivity index (χ2v) is 4.33. The minimum absolute atomic E-state index is 0.0570. The van der Waals surface area contributed by atoms with E-state index in [0.717, 1.165) is 25.8 Å². The van der Waals surface area contributed by atoms with E-state index in [9.17, 15) is 4.79 Å². The van der Waals surface area contributed by atoms with Gasteiger partial charge >= 0.3 is 0 Å². The van der Waals surface area contributed by atoms with Crippen LogP contribution >= 0.6 is 0 Å². The molecule has 0 aliphatic carbocycles. The Labute approximate surface area is 86.6 Å². The van der Waals surface area contributed by atoms with Gasteiger partial charge in [0.15, 0.2) is 0 Å².